The molecule has 0 amide bonds. The fraction of sp³-hybridized carbons (Fsp3) is 0.250. The van der Waals surface area contributed by atoms with E-state index >= 15 is 0 Å². The molecule has 3 rings (SSSR count). The van der Waals surface area contributed by atoms with E-state index in [1.807, 2.05) is 17.6 Å². The monoisotopic (exact) mass is 232 g/mol. The molecule has 1 aliphatic rings. The highest BCUT2D eigenvalue weighted by Gasteiger charge is 2.11. The average molecular weight is 232 g/mol. The molecule has 16 heavy (non-hydrogen) atoms. The Hall–Kier alpha value is -1.55. The van der Waals surface area contributed by atoms with Gasteiger partial charge in [-0.25, -0.2) is 4.98 Å². The number of benzene rings is 1. The molecular weight excluding hydrogens is 220 g/mol. The van der Waals surface area contributed by atoms with Gasteiger partial charge >= 0.3 is 0 Å². The molecule has 4 heteroatoms. The van der Waals surface area contributed by atoms with Gasteiger partial charge in [-0.2, -0.15) is 0 Å². The van der Waals surface area contributed by atoms with Crippen molar-refractivity contribution >= 4 is 17.0 Å². The van der Waals surface area contributed by atoms with Crippen LogP contribution in [0.5, 0.6) is 5.75 Å². The maximum absolute atomic E-state index is 5.47. The minimum absolute atomic E-state index is 0.789. The number of rotatable bonds is 3. The zero-order valence-corrected chi connectivity index (χ0v) is 9.59. The van der Waals surface area contributed by atoms with Crippen molar-refractivity contribution in [1.29, 1.82) is 0 Å². The standard InChI is InChI=1S/C12H12N2OS/c1-2-11-9(3-5-15-11)7-10(1)14-8-12-13-4-6-16-12/h1-2,4,6-7,14H,3,5,8H2. The van der Waals surface area contributed by atoms with Crippen LogP contribution in [0.2, 0.25) is 0 Å². The zero-order chi connectivity index (χ0) is 10.8. The molecule has 0 saturated heterocycles. The Morgan fingerprint density at radius 3 is 3.31 bits per heavy atom. The van der Waals surface area contributed by atoms with Crippen LogP contribution >= 0.6 is 11.3 Å². The fourth-order valence-corrected chi connectivity index (χ4v) is 2.37. The first-order chi connectivity index (χ1) is 7.92. The van der Waals surface area contributed by atoms with Gasteiger partial charge < -0.3 is 10.1 Å². The topological polar surface area (TPSA) is 34.1 Å². The number of fused-ring (bicyclic) bond motifs is 1. The molecule has 0 spiro atoms. The Bertz CT molecular complexity index is 482. The molecule has 0 bridgehead atoms. The molecule has 0 atom stereocenters. The second kappa shape index (κ2) is 4.14. The quantitative estimate of drug-likeness (QED) is 0.883. The maximum atomic E-state index is 5.47. The van der Waals surface area contributed by atoms with Crippen LogP contribution in [0.25, 0.3) is 0 Å². The van der Waals surface area contributed by atoms with Gasteiger partial charge in [0.2, 0.25) is 0 Å². The van der Waals surface area contributed by atoms with Crippen molar-refractivity contribution in [2.24, 2.45) is 0 Å². The Morgan fingerprint density at radius 1 is 1.44 bits per heavy atom. The van der Waals surface area contributed by atoms with E-state index in [1.54, 1.807) is 11.3 Å². The van der Waals surface area contributed by atoms with Crippen LogP contribution in [0.3, 0.4) is 0 Å². The summed E-state index contributed by atoms with van der Waals surface area (Å²) in [6.45, 7) is 1.60. The predicted molar refractivity (Wildman–Crippen MR) is 65.1 cm³/mol. The number of thiazole rings is 1. The van der Waals surface area contributed by atoms with E-state index < -0.39 is 0 Å². The number of anilines is 1. The van der Waals surface area contributed by atoms with Gasteiger partial charge in [-0.15, -0.1) is 11.3 Å². The highest BCUT2D eigenvalue weighted by molar-refractivity contribution is 7.09. The van der Waals surface area contributed by atoms with E-state index in [9.17, 15) is 0 Å². The molecule has 82 valence electrons. The number of hydrogen-bond donors (Lipinski definition) is 1. The van der Waals surface area contributed by atoms with Gasteiger partial charge in [0.05, 0.1) is 13.2 Å². The zero-order valence-electron chi connectivity index (χ0n) is 8.77. The molecule has 2 aromatic rings. The summed E-state index contributed by atoms with van der Waals surface area (Å²) < 4.78 is 5.47. The summed E-state index contributed by atoms with van der Waals surface area (Å²) >= 11 is 1.67. The molecule has 1 aromatic heterocycles. The third-order valence-electron chi connectivity index (χ3n) is 2.62. The molecule has 0 aliphatic carbocycles. The van der Waals surface area contributed by atoms with Gasteiger partial charge in [0, 0.05) is 23.7 Å². The second-order valence-corrected chi connectivity index (χ2v) is 4.68. The lowest BCUT2D eigenvalue weighted by atomic mass is 10.1. The molecule has 3 nitrogen and oxygen atoms in total. The Labute approximate surface area is 98.1 Å². The number of ether oxygens (including phenoxy) is 1. The van der Waals surface area contributed by atoms with Gasteiger partial charge in [0.1, 0.15) is 10.8 Å². The Balaban J connectivity index is 1.71. The predicted octanol–water partition coefficient (Wildman–Crippen LogP) is 2.69. The van der Waals surface area contributed by atoms with E-state index in [2.05, 4.69) is 22.4 Å². The molecular formula is C12H12N2OS. The van der Waals surface area contributed by atoms with Crippen molar-refractivity contribution in [2.75, 3.05) is 11.9 Å². The van der Waals surface area contributed by atoms with Crippen molar-refractivity contribution in [3.63, 3.8) is 0 Å². The van der Waals surface area contributed by atoms with Crippen LogP contribution < -0.4 is 10.1 Å². The van der Waals surface area contributed by atoms with Crippen LogP contribution in [-0.4, -0.2) is 11.6 Å². The SMILES string of the molecule is c1csc(CNc2ccc3c(c2)CCO3)n1. The molecule has 1 aliphatic heterocycles. The van der Waals surface area contributed by atoms with Crippen molar-refractivity contribution < 1.29 is 4.74 Å². The van der Waals surface area contributed by atoms with Crippen molar-refractivity contribution in [3.05, 3.63) is 40.3 Å². The van der Waals surface area contributed by atoms with Crippen molar-refractivity contribution in [2.45, 2.75) is 13.0 Å². The first-order valence-electron chi connectivity index (χ1n) is 5.30. The Morgan fingerprint density at radius 2 is 2.44 bits per heavy atom. The molecule has 1 aromatic carbocycles. The summed E-state index contributed by atoms with van der Waals surface area (Å²) in [5.41, 5.74) is 2.43. The van der Waals surface area contributed by atoms with Crippen LogP contribution in [0.4, 0.5) is 5.69 Å². The molecule has 0 unspecified atom stereocenters. The van der Waals surface area contributed by atoms with E-state index in [0.717, 1.165) is 36.0 Å². The van der Waals surface area contributed by atoms with Crippen LogP contribution in [-0.2, 0) is 13.0 Å². The number of nitrogens with one attached hydrogen (secondary N) is 1. The molecule has 0 fully saturated rings. The second-order valence-electron chi connectivity index (χ2n) is 3.70. The maximum Gasteiger partial charge on any atom is 0.122 e. The first-order valence-corrected chi connectivity index (χ1v) is 6.18. The van der Waals surface area contributed by atoms with Gasteiger partial charge in [-0.3, -0.25) is 0 Å². The first kappa shape index (κ1) is 9.66. The van der Waals surface area contributed by atoms with E-state index in [0.29, 0.717) is 0 Å². The van der Waals surface area contributed by atoms with Crippen molar-refractivity contribution in [1.82, 2.24) is 4.98 Å². The fourth-order valence-electron chi connectivity index (χ4n) is 1.81. The van der Waals surface area contributed by atoms with Crippen LogP contribution in [0.15, 0.2) is 29.8 Å². The lowest BCUT2D eigenvalue weighted by Gasteiger charge is -2.06. The molecule has 2 heterocycles. The Kier molecular flexibility index (Phi) is 2.50. The van der Waals surface area contributed by atoms with E-state index in [-0.39, 0.29) is 0 Å². The average Bonchev–Trinajstić information content (AvgIpc) is 2.97. The lowest BCUT2D eigenvalue weighted by Crippen LogP contribution is -1.98. The minimum Gasteiger partial charge on any atom is -0.493 e. The summed E-state index contributed by atoms with van der Waals surface area (Å²) in [6.07, 6.45) is 2.85. The number of aromatic nitrogens is 1. The molecule has 0 saturated carbocycles. The highest BCUT2D eigenvalue weighted by atomic mass is 32.1. The smallest absolute Gasteiger partial charge is 0.122 e. The summed E-state index contributed by atoms with van der Waals surface area (Å²) in [4.78, 5) is 4.24. The largest absolute Gasteiger partial charge is 0.493 e. The third-order valence-corrected chi connectivity index (χ3v) is 3.40. The normalized spacial score (nSPS) is 13.2. The van der Waals surface area contributed by atoms with Gasteiger partial charge in [-0.05, 0) is 23.8 Å². The van der Waals surface area contributed by atoms with Gasteiger partial charge in [-0.1, -0.05) is 0 Å². The number of hydrogen-bond acceptors (Lipinski definition) is 4. The van der Waals surface area contributed by atoms with Crippen LogP contribution in [0, 0.1) is 0 Å². The minimum atomic E-state index is 0.789. The summed E-state index contributed by atoms with van der Waals surface area (Å²) in [5.74, 6) is 1.03. The number of nitrogens with zero attached hydrogens (tertiary/aromatic N) is 1. The third kappa shape index (κ3) is 1.88. The summed E-state index contributed by atoms with van der Waals surface area (Å²) in [7, 11) is 0. The summed E-state index contributed by atoms with van der Waals surface area (Å²) in [6, 6.07) is 6.25. The van der Waals surface area contributed by atoms with E-state index in [4.69, 9.17) is 4.74 Å². The van der Waals surface area contributed by atoms with Crippen LogP contribution in [0.1, 0.15) is 10.6 Å². The molecule has 1 N–H and O–H groups in total. The molecule has 0 radical (unpaired) electrons. The van der Waals surface area contributed by atoms with E-state index in [1.165, 1.54) is 5.56 Å². The van der Waals surface area contributed by atoms with Crippen molar-refractivity contribution in [3.8, 4) is 5.75 Å². The van der Waals surface area contributed by atoms with Gasteiger partial charge in [0.15, 0.2) is 0 Å². The summed E-state index contributed by atoms with van der Waals surface area (Å²) in [5, 5.41) is 6.47. The highest BCUT2D eigenvalue weighted by Crippen LogP contribution is 2.28. The van der Waals surface area contributed by atoms with Gasteiger partial charge in [0.25, 0.3) is 0 Å². The lowest BCUT2D eigenvalue weighted by molar-refractivity contribution is 0.357.